The summed E-state index contributed by atoms with van der Waals surface area (Å²) in [6.07, 6.45) is -0.906. The standard InChI is InChI=1S/C15H13BrFN3O5/c16-9-3-1-2-8(4-9)14(22)18-13-10(17)5-20(15(23)19-13)11-7-24-12(6-21)25-11/h1-5,11-12,21H,6-7H2,(H,18,19,22,23). The van der Waals surface area contributed by atoms with Crippen LogP contribution >= 0.6 is 15.9 Å². The number of halogens is 2. The molecule has 0 saturated carbocycles. The Kier molecular flexibility index (Phi) is 5.23. The van der Waals surface area contributed by atoms with Crippen LogP contribution in [-0.2, 0) is 9.47 Å². The molecule has 0 aliphatic carbocycles. The normalized spacial score (nSPS) is 19.8. The predicted octanol–water partition coefficient (Wildman–Crippen LogP) is 1.26. The van der Waals surface area contributed by atoms with E-state index < -0.39 is 35.7 Å². The lowest BCUT2D eigenvalue weighted by molar-refractivity contribution is -0.0993. The summed E-state index contributed by atoms with van der Waals surface area (Å²) < 4.78 is 26.1. The van der Waals surface area contributed by atoms with Crippen molar-refractivity contribution in [3.63, 3.8) is 0 Å². The fraction of sp³-hybridized carbons (Fsp3) is 0.267. The number of amides is 1. The van der Waals surface area contributed by atoms with Gasteiger partial charge in [0.2, 0.25) is 0 Å². The number of ether oxygens (including phenoxy) is 2. The molecule has 2 N–H and O–H groups in total. The molecule has 10 heteroatoms. The Balaban J connectivity index is 1.81. The van der Waals surface area contributed by atoms with Crippen LogP contribution < -0.4 is 11.0 Å². The van der Waals surface area contributed by atoms with E-state index in [-0.39, 0.29) is 18.8 Å². The fourth-order valence-corrected chi connectivity index (χ4v) is 2.63. The quantitative estimate of drug-likeness (QED) is 0.781. The maximum atomic E-state index is 14.2. The Hall–Kier alpha value is -2.14. The molecule has 25 heavy (non-hydrogen) atoms. The summed E-state index contributed by atoms with van der Waals surface area (Å²) in [6, 6.07) is 6.47. The molecule has 8 nitrogen and oxygen atoms in total. The average molecular weight is 414 g/mol. The lowest BCUT2D eigenvalue weighted by Gasteiger charge is -2.13. The van der Waals surface area contributed by atoms with Crippen LogP contribution in [0.25, 0.3) is 0 Å². The largest absolute Gasteiger partial charge is 0.391 e. The molecule has 0 spiro atoms. The Morgan fingerprint density at radius 2 is 2.32 bits per heavy atom. The maximum absolute atomic E-state index is 14.2. The molecule has 3 rings (SSSR count). The minimum Gasteiger partial charge on any atom is -0.391 e. The van der Waals surface area contributed by atoms with E-state index in [2.05, 4.69) is 26.2 Å². The van der Waals surface area contributed by atoms with Gasteiger partial charge in [0.05, 0.1) is 19.4 Å². The zero-order chi connectivity index (χ0) is 18.0. The van der Waals surface area contributed by atoms with Crippen LogP contribution in [0.3, 0.4) is 0 Å². The van der Waals surface area contributed by atoms with Gasteiger partial charge < -0.3 is 19.9 Å². The lowest BCUT2D eigenvalue weighted by atomic mass is 10.2. The molecule has 1 amide bonds. The van der Waals surface area contributed by atoms with Gasteiger partial charge >= 0.3 is 5.69 Å². The number of anilines is 1. The highest BCUT2D eigenvalue weighted by Crippen LogP contribution is 2.20. The van der Waals surface area contributed by atoms with Crippen LogP contribution in [0.5, 0.6) is 0 Å². The van der Waals surface area contributed by atoms with Gasteiger partial charge in [-0.05, 0) is 18.2 Å². The third-order valence-corrected chi connectivity index (χ3v) is 3.91. The van der Waals surface area contributed by atoms with Crippen molar-refractivity contribution in [2.75, 3.05) is 18.5 Å². The lowest BCUT2D eigenvalue weighted by Crippen LogP contribution is -2.30. The van der Waals surface area contributed by atoms with Crippen molar-refractivity contribution < 1.29 is 23.8 Å². The molecular formula is C15H13BrFN3O5. The van der Waals surface area contributed by atoms with Gasteiger partial charge in [-0.2, -0.15) is 4.98 Å². The van der Waals surface area contributed by atoms with Crippen LogP contribution in [0, 0.1) is 5.82 Å². The summed E-state index contributed by atoms with van der Waals surface area (Å²) in [5.41, 5.74) is -0.545. The van der Waals surface area contributed by atoms with E-state index in [0.717, 1.165) is 10.8 Å². The first-order chi connectivity index (χ1) is 12.0. The zero-order valence-electron chi connectivity index (χ0n) is 12.7. The van der Waals surface area contributed by atoms with Gasteiger partial charge in [-0.15, -0.1) is 0 Å². The molecule has 2 heterocycles. The third-order valence-electron chi connectivity index (χ3n) is 3.42. The summed E-state index contributed by atoms with van der Waals surface area (Å²) in [4.78, 5) is 27.8. The van der Waals surface area contributed by atoms with Gasteiger partial charge in [0.1, 0.15) is 0 Å². The average Bonchev–Trinajstić information content (AvgIpc) is 3.06. The van der Waals surface area contributed by atoms with Gasteiger partial charge in [0, 0.05) is 10.0 Å². The molecule has 1 aliphatic heterocycles. The second-order valence-corrected chi connectivity index (χ2v) is 6.04. The smallest absolute Gasteiger partial charge is 0.351 e. The van der Waals surface area contributed by atoms with Crippen molar-refractivity contribution in [3.8, 4) is 0 Å². The van der Waals surface area contributed by atoms with Crippen molar-refractivity contribution >= 4 is 27.7 Å². The van der Waals surface area contributed by atoms with Crippen molar-refractivity contribution in [2.45, 2.75) is 12.5 Å². The zero-order valence-corrected chi connectivity index (χ0v) is 14.3. The Morgan fingerprint density at radius 1 is 1.52 bits per heavy atom. The van der Waals surface area contributed by atoms with E-state index >= 15 is 0 Å². The maximum Gasteiger partial charge on any atom is 0.351 e. The van der Waals surface area contributed by atoms with E-state index in [1.807, 2.05) is 0 Å². The summed E-state index contributed by atoms with van der Waals surface area (Å²) >= 11 is 3.23. The number of carbonyl (C=O) groups excluding carboxylic acids is 1. The molecule has 0 radical (unpaired) electrons. The van der Waals surface area contributed by atoms with Gasteiger partial charge in [-0.25, -0.2) is 9.18 Å². The molecular weight excluding hydrogens is 401 g/mol. The topological polar surface area (TPSA) is 103 Å². The van der Waals surface area contributed by atoms with E-state index in [1.165, 1.54) is 6.07 Å². The highest BCUT2D eigenvalue weighted by Gasteiger charge is 2.28. The molecule has 2 unspecified atom stereocenters. The molecule has 1 aromatic carbocycles. The Morgan fingerprint density at radius 3 is 3.00 bits per heavy atom. The summed E-state index contributed by atoms with van der Waals surface area (Å²) in [5.74, 6) is -1.99. The minimum atomic E-state index is -0.904. The second kappa shape index (κ2) is 7.40. The van der Waals surface area contributed by atoms with Crippen LogP contribution in [-0.4, -0.2) is 40.1 Å². The molecule has 1 saturated heterocycles. The Labute approximate surface area is 149 Å². The van der Waals surface area contributed by atoms with Crippen LogP contribution in [0.4, 0.5) is 10.2 Å². The van der Waals surface area contributed by atoms with Gasteiger partial charge in [-0.3, -0.25) is 9.36 Å². The highest BCUT2D eigenvalue weighted by atomic mass is 79.9. The van der Waals surface area contributed by atoms with E-state index in [0.29, 0.717) is 4.47 Å². The molecule has 2 atom stereocenters. The van der Waals surface area contributed by atoms with Gasteiger partial charge in [-0.1, -0.05) is 22.0 Å². The second-order valence-electron chi connectivity index (χ2n) is 5.13. The van der Waals surface area contributed by atoms with Crippen molar-refractivity contribution in [2.24, 2.45) is 0 Å². The third kappa shape index (κ3) is 3.93. The molecule has 0 bridgehead atoms. The number of nitrogens with one attached hydrogen (secondary N) is 1. The number of hydrogen-bond acceptors (Lipinski definition) is 6. The fourth-order valence-electron chi connectivity index (χ4n) is 2.23. The number of rotatable bonds is 4. The molecule has 132 valence electrons. The van der Waals surface area contributed by atoms with E-state index in [1.54, 1.807) is 18.2 Å². The van der Waals surface area contributed by atoms with Crippen molar-refractivity contribution in [3.05, 3.63) is 56.8 Å². The Bertz CT molecular complexity index is 859. The van der Waals surface area contributed by atoms with Crippen LogP contribution in [0.2, 0.25) is 0 Å². The number of aliphatic hydroxyl groups excluding tert-OH is 1. The summed E-state index contributed by atoms with van der Waals surface area (Å²) in [6.45, 7) is -0.419. The summed E-state index contributed by atoms with van der Waals surface area (Å²) in [7, 11) is 0. The first-order valence-electron chi connectivity index (χ1n) is 7.21. The van der Waals surface area contributed by atoms with Crippen LogP contribution in [0.1, 0.15) is 16.6 Å². The molecule has 1 fully saturated rings. The van der Waals surface area contributed by atoms with Crippen LogP contribution in [0.15, 0.2) is 39.7 Å². The number of aliphatic hydroxyl groups is 1. The number of hydrogen-bond donors (Lipinski definition) is 2. The van der Waals surface area contributed by atoms with E-state index in [4.69, 9.17) is 14.6 Å². The van der Waals surface area contributed by atoms with Gasteiger partial charge in [0.25, 0.3) is 5.91 Å². The SMILES string of the molecule is O=C(Nc1nc(=O)n(C2COC(CO)O2)cc1F)c1cccc(Br)c1. The molecule has 2 aromatic rings. The molecule has 1 aromatic heterocycles. The number of carbonyl (C=O) groups is 1. The van der Waals surface area contributed by atoms with Gasteiger partial charge in [0.15, 0.2) is 24.2 Å². The number of benzene rings is 1. The first kappa shape index (κ1) is 17.7. The minimum absolute atomic E-state index is 0.0317. The van der Waals surface area contributed by atoms with E-state index in [9.17, 15) is 14.0 Å². The van der Waals surface area contributed by atoms with Crippen molar-refractivity contribution in [1.82, 2.24) is 9.55 Å². The number of nitrogens with zero attached hydrogens (tertiary/aromatic N) is 2. The molecule has 1 aliphatic rings. The highest BCUT2D eigenvalue weighted by molar-refractivity contribution is 9.10. The van der Waals surface area contributed by atoms with Crippen molar-refractivity contribution in [1.29, 1.82) is 0 Å². The predicted molar refractivity (Wildman–Crippen MR) is 87.5 cm³/mol. The monoisotopic (exact) mass is 413 g/mol. The first-order valence-corrected chi connectivity index (χ1v) is 8.00. The summed E-state index contributed by atoms with van der Waals surface area (Å²) in [5, 5.41) is 11.2. The number of aromatic nitrogens is 2.